The molecule has 6 rings (SSSR count). The first-order valence-corrected chi connectivity index (χ1v) is 53.2. The van der Waals surface area contributed by atoms with E-state index in [-0.39, 0.29) is 32.5 Å². The van der Waals surface area contributed by atoms with Crippen LogP contribution in [-0.4, -0.2) is 19.8 Å². The van der Waals surface area contributed by atoms with Gasteiger partial charge in [0.2, 0.25) is 0 Å². The third-order valence-electron chi connectivity index (χ3n) is 28.1. The van der Waals surface area contributed by atoms with Crippen molar-refractivity contribution in [2.45, 2.75) is 525 Å². The third-order valence-corrected chi connectivity index (χ3v) is 29.1. The topological polar surface area (TPSA) is 27.7 Å². The molecule has 698 valence electrons. The van der Waals surface area contributed by atoms with Gasteiger partial charge in [-0.3, -0.25) is 0 Å². The number of aryl methyl sites for hydroxylation is 6. The zero-order valence-electron chi connectivity index (χ0n) is 86.5. The van der Waals surface area contributed by atoms with Crippen LogP contribution in [0.3, 0.4) is 0 Å². The van der Waals surface area contributed by atoms with Crippen molar-refractivity contribution < 1.29 is 13.6 Å². The number of benzene rings is 6. The molecule has 0 fully saturated rings. The Hall–Kier alpha value is -4.37. The fourth-order valence-corrected chi connectivity index (χ4v) is 21.8. The van der Waals surface area contributed by atoms with Crippen LogP contribution in [0.25, 0.3) is 0 Å². The molecule has 0 saturated heterocycles. The average Bonchev–Trinajstić information content (AvgIpc) is 0.744. The lowest BCUT2D eigenvalue weighted by Crippen LogP contribution is -2.40. The Balaban J connectivity index is 1.67. The molecule has 0 aromatic heterocycles. The number of rotatable bonds is 60. The van der Waals surface area contributed by atoms with Crippen molar-refractivity contribution >= 4 is 8.60 Å². The standard InChI is InChI=1S/C120H195O3P/c1-28-31-34-37-40-43-46-49-52-55-58-61-64-67-82-118(100-76-70-94(4)85-106(100)112(10,11)12,101-77-71-95(5)86-107(101)113(13,14)15)91-121-124(122-92-119(102-78-72-96(6)87-108(102)114(16,17)18,103-79-73-97(7)88-109(103)115(19,20)21)83-68-65-62-59-56-53-50-47-44-41-38-35-32-29-2)123-93-120(104-80-74-98(8)89-110(104)116(22,23)24,105-81-75-99(9)90-111(105)117(25,26)27)84-69-66-63-60-57-54-51-48-45-42-39-36-33-30-3/h70-81,85-90H,28-69,82-84,91-93H2,1-27H3. The molecule has 0 spiro atoms. The van der Waals surface area contributed by atoms with Crippen LogP contribution >= 0.6 is 8.60 Å². The molecule has 4 heteroatoms. The molecule has 0 atom stereocenters. The maximum atomic E-state index is 8.56. The third kappa shape index (κ3) is 34.7. The number of unbranched alkanes of at least 4 members (excludes halogenated alkanes) is 39. The van der Waals surface area contributed by atoms with Crippen LogP contribution in [0.5, 0.6) is 0 Å². The van der Waals surface area contributed by atoms with Crippen molar-refractivity contribution in [3.05, 3.63) is 209 Å². The smallest absolute Gasteiger partial charge is 0.311 e. The molecule has 3 nitrogen and oxygen atoms in total. The van der Waals surface area contributed by atoms with Gasteiger partial charge in [0.05, 0.1) is 19.8 Å². The van der Waals surface area contributed by atoms with Gasteiger partial charge in [-0.2, -0.15) is 0 Å². The highest BCUT2D eigenvalue weighted by Crippen LogP contribution is 2.57. The Labute approximate surface area is 770 Å². The Morgan fingerprint density at radius 1 is 0.177 bits per heavy atom. The molecule has 0 radical (unpaired) electrons. The molecule has 124 heavy (non-hydrogen) atoms. The van der Waals surface area contributed by atoms with Crippen LogP contribution in [0.2, 0.25) is 0 Å². The van der Waals surface area contributed by atoms with Crippen molar-refractivity contribution in [3.63, 3.8) is 0 Å². The van der Waals surface area contributed by atoms with Gasteiger partial charge >= 0.3 is 8.60 Å². The second-order valence-corrected chi connectivity index (χ2v) is 47.3. The highest BCUT2D eigenvalue weighted by Gasteiger charge is 2.48. The fraction of sp³-hybridized carbons (Fsp3) is 0.700. The Kier molecular flexibility index (Phi) is 46.5. The van der Waals surface area contributed by atoms with Gasteiger partial charge in [-0.25, -0.2) is 0 Å². The van der Waals surface area contributed by atoms with Crippen LogP contribution in [0.4, 0.5) is 0 Å². The fourth-order valence-electron chi connectivity index (χ4n) is 20.6. The van der Waals surface area contributed by atoms with E-state index < -0.39 is 24.8 Å². The van der Waals surface area contributed by atoms with E-state index in [9.17, 15) is 0 Å². The maximum absolute atomic E-state index is 8.56. The molecule has 0 saturated carbocycles. The predicted octanol–water partition coefficient (Wildman–Crippen LogP) is 38.5. The van der Waals surface area contributed by atoms with Gasteiger partial charge in [0.1, 0.15) is 0 Å². The van der Waals surface area contributed by atoms with E-state index in [0.717, 1.165) is 38.5 Å². The Morgan fingerprint density at radius 3 is 0.435 bits per heavy atom. The van der Waals surface area contributed by atoms with E-state index in [4.69, 9.17) is 13.6 Å². The van der Waals surface area contributed by atoms with E-state index in [1.165, 1.54) is 351 Å². The number of hydrogen-bond acceptors (Lipinski definition) is 3. The summed E-state index contributed by atoms with van der Waals surface area (Å²) in [6.45, 7) is 66.3. The largest absolute Gasteiger partial charge is 0.332 e. The normalized spacial score (nSPS) is 13.1. The zero-order chi connectivity index (χ0) is 91.3. The van der Waals surface area contributed by atoms with Gasteiger partial charge in [-0.1, -0.05) is 558 Å². The highest BCUT2D eigenvalue weighted by molar-refractivity contribution is 7.41. The summed E-state index contributed by atoms with van der Waals surface area (Å²) in [6, 6.07) is 45.1. The first-order valence-electron chi connectivity index (χ1n) is 52.1. The summed E-state index contributed by atoms with van der Waals surface area (Å²) >= 11 is 0. The average molecular weight is 1720 g/mol. The van der Waals surface area contributed by atoms with Gasteiger partial charge < -0.3 is 13.6 Å². The molecule has 0 bridgehead atoms. The SMILES string of the molecule is CCCCCCCCCCCCCCCCC(COP(OCC(CCCCCCCCCCCCCCCC)(c1ccc(C)cc1C(C)(C)C)c1ccc(C)cc1C(C)(C)C)OCC(CCCCCCCCCCCCCCCC)(c1ccc(C)cc1C(C)(C)C)c1ccc(C)cc1C(C)(C)C)(c1ccc(C)cc1C(C)(C)C)c1ccc(C)cc1C(C)(C)C. The van der Waals surface area contributed by atoms with Crippen LogP contribution in [0.15, 0.2) is 109 Å². The monoisotopic (exact) mass is 1720 g/mol. The molecule has 0 unspecified atom stereocenters. The van der Waals surface area contributed by atoms with E-state index in [0.29, 0.717) is 19.8 Å². The summed E-state index contributed by atoms with van der Waals surface area (Å²) < 4.78 is 25.7. The van der Waals surface area contributed by atoms with Crippen molar-refractivity contribution in [1.29, 1.82) is 0 Å². The van der Waals surface area contributed by atoms with Gasteiger partial charge in [0.15, 0.2) is 0 Å². The predicted molar refractivity (Wildman–Crippen MR) is 551 cm³/mol. The van der Waals surface area contributed by atoms with Crippen LogP contribution in [-0.2, 0) is 62.3 Å². The molecule has 0 aliphatic heterocycles. The van der Waals surface area contributed by atoms with Crippen molar-refractivity contribution in [2.75, 3.05) is 19.8 Å². The Morgan fingerprint density at radius 2 is 0.306 bits per heavy atom. The van der Waals surface area contributed by atoms with Gasteiger partial charge in [-0.15, -0.1) is 0 Å². The first-order chi connectivity index (χ1) is 58.7. The molecule has 0 aliphatic rings. The molecule has 0 heterocycles. The zero-order valence-corrected chi connectivity index (χ0v) is 87.4. The van der Waals surface area contributed by atoms with E-state index in [1.54, 1.807) is 0 Å². The summed E-state index contributed by atoms with van der Waals surface area (Å²) in [5.74, 6) is 0. The van der Waals surface area contributed by atoms with E-state index >= 15 is 0 Å². The van der Waals surface area contributed by atoms with Crippen LogP contribution < -0.4 is 0 Å². The summed E-state index contributed by atoms with van der Waals surface area (Å²) in [6.07, 6.45) is 58.3. The summed E-state index contributed by atoms with van der Waals surface area (Å²) in [5, 5.41) is 0. The summed E-state index contributed by atoms with van der Waals surface area (Å²) in [4.78, 5) is 0. The molecular weight excluding hydrogens is 1520 g/mol. The quantitative estimate of drug-likeness (QED) is 0.0281. The molecule has 0 aliphatic carbocycles. The number of hydrogen-bond donors (Lipinski definition) is 0. The van der Waals surface area contributed by atoms with Crippen molar-refractivity contribution in [2.24, 2.45) is 0 Å². The van der Waals surface area contributed by atoms with Crippen LogP contribution in [0.1, 0.15) is 534 Å². The molecule has 6 aromatic rings. The molecule has 0 amide bonds. The summed E-state index contributed by atoms with van der Waals surface area (Å²) in [5.41, 5.74) is 21.6. The second-order valence-electron chi connectivity index (χ2n) is 46.1. The Bertz CT molecular complexity index is 3370. The van der Waals surface area contributed by atoms with Gasteiger partial charge in [0.25, 0.3) is 0 Å². The minimum Gasteiger partial charge on any atom is -0.311 e. The van der Waals surface area contributed by atoms with E-state index in [1.807, 2.05) is 0 Å². The van der Waals surface area contributed by atoms with E-state index in [2.05, 4.69) is 296 Å². The maximum Gasteiger partial charge on any atom is 0.332 e. The van der Waals surface area contributed by atoms with Crippen LogP contribution in [0, 0.1) is 41.5 Å². The molecule has 6 aromatic carbocycles. The van der Waals surface area contributed by atoms with Crippen molar-refractivity contribution in [1.82, 2.24) is 0 Å². The first kappa shape index (κ1) is 108. The highest BCUT2D eigenvalue weighted by atomic mass is 31.2. The molecular formula is C120H195O3P. The van der Waals surface area contributed by atoms with Gasteiger partial charge in [0, 0.05) is 16.2 Å². The lowest BCUT2D eigenvalue weighted by Gasteiger charge is -2.44. The lowest BCUT2D eigenvalue weighted by molar-refractivity contribution is 0.105. The molecule has 0 N–H and O–H groups in total. The summed E-state index contributed by atoms with van der Waals surface area (Å²) in [7, 11) is -2.17. The lowest BCUT2D eigenvalue weighted by atomic mass is 9.63. The van der Waals surface area contributed by atoms with Crippen molar-refractivity contribution in [3.8, 4) is 0 Å². The van der Waals surface area contributed by atoms with Gasteiger partial charge in [-0.05, 0) is 160 Å². The minimum atomic E-state index is -2.17. The minimum absolute atomic E-state index is 0.179. The second kappa shape index (κ2) is 53.2.